The number of aliphatic hydroxyl groups is 1. The van der Waals surface area contributed by atoms with Crippen LogP contribution in [0.3, 0.4) is 0 Å². The largest absolute Gasteiger partial charge is 0.492 e. The van der Waals surface area contributed by atoms with Crippen LogP contribution in [0.5, 0.6) is 5.75 Å². The zero-order chi connectivity index (χ0) is 27.3. The molecule has 1 aromatic carbocycles. The van der Waals surface area contributed by atoms with Crippen LogP contribution in [0.25, 0.3) is 0 Å². The first kappa shape index (κ1) is 30.6. The quantitative estimate of drug-likeness (QED) is 0.196. The highest BCUT2D eigenvalue weighted by atomic mass is 16.5. The second-order valence-electron chi connectivity index (χ2n) is 10.4. The number of carbonyl (C=O) groups excluding carboxylic acids is 3. The van der Waals surface area contributed by atoms with Gasteiger partial charge in [-0.1, -0.05) is 37.5 Å². The molecule has 0 bridgehead atoms. The molecule has 2 atom stereocenters. The molecule has 4 N–H and O–H groups in total. The lowest BCUT2D eigenvalue weighted by atomic mass is 9.83. The maximum absolute atomic E-state index is 13.7. The molecule has 1 fully saturated rings. The number of hydrogen-bond donors (Lipinski definition) is 4. The van der Waals surface area contributed by atoms with E-state index in [9.17, 15) is 19.5 Å². The molecule has 208 valence electrons. The van der Waals surface area contributed by atoms with Crippen molar-refractivity contribution in [3.63, 3.8) is 0 Å². The summed E-state index contributed by atoms with van der Waals surface area (Å²) in [5.74, 6) is 0.411. The van der Waals surface area contributed by atoms with E-state index in [4.69, 9.17) is 4.74 Å². The van der Waals surface area contributed by atoms with E-state index in [1.165, 1.54) is 11.3 Å². The Morgan fingerprint density at radius 3 is 2.54 bits per heavy atom. The third-order valence-electron chi connectivity index (χ3n) is 6.94. The molecule has 1 saturated carbocycles. The van der Waals surface area contributed by atoms with Crippen molar-refractivity contribution < 1.29 is 24.2 Å². The number of nitrogens with one attached hydrogen (secondary N) is 3. The van der Waals surface area contributed by atoms with Gasteiger partial charge >= 0.3 is 0 Å². The molecule has 0 radical (unpaired) electrons. The Morgan fingerprint density at radius 1 is 1.19 bits per heavy atom. The lowest BCUT2D eigenvalue weighted by Gasteiger charge is -2.39. The van der Waals surface area contributed by atoms with Crippen LogP contribution in [0, 0.1) is 5.92 Å². The van der Waals surface area contributed by atoms with Crippen molar-refractivity contribution in [2.24, 2.45) is 5.92 Å². The maximum Gasteiger partial charge on any atom is 0.245 e. The van der Waals surface area contributed by atoms with E-state index in [2.05, 4.69) is 16.0 Å². The fourth-order valence-electron chi connectivity index (χ4n) is 5.18. The summed E-state index contributed by atoms with van der Waals surface area (Å²) in [7, 11) is 1.60. The third kappa shape index (κ3) is 9.63. The van der Waals surface area contributed by atoms with Gasteiger partial charge in [-0.2, -0.15) is 0 Å². The molecule has 1 aromatic rings. The van der Waals surface area contributed by atoms with E-state index >= 15 is 0 Å². The molecule has 1 aliphatic rings. The fraction of sp³-hybridized carbons (Fsp3) is 0.679. The Kier molecular flexibility index (Phi) is 12.9. The molecule has 0 heterocycles. The van der Waals surface area contributed by atoms with Gasteiger partial charge in [-0.05, 0) is 64.0 Å². The van der Waals surface area contributed by atoms with E-state index in [0.717, 1.165) is 49.8 Å². The van der Waals surface area contributed by atoms with Crippen LogP contribution in [0.2, 0.25) is 0 Å². The first-order valence-corrected chi connectivity index (χ1v) is 13.6. The average Bonchev–Trinajstić information content (AvgIpc) is 2.87. The van der Waals surface area contributed by atoms with E-state index in [1.807, 2.05) is 31.2 Å². The van der Waals surface area contributed by atoms with Crippen LogP contribution in [0.1, 0.15) is 64.9 Å². The smallest absolute Gasteiger partial charge is 0.245 e. The standard InChI is InChI=1S/C28H46N4O5/c1-5-30-26(34)25(28(2,3)36)32(4)27(35)24(22-13-7-6-8-14-22)31-18-19-37-23-16-10-9-12-21(23)15-11-17-29-20-33/h9-10,12,16,20,22,24-25,31,36H,5-8,11,13-15,17-19H2,1-4H3,(H,29,33)(H,30,34). The molecule has 9 nitrogen and oxygen atoms in total. The maximum atomic E-state index is 13.7. The van der Waals surface area contributed by atoms with Crippen LogP contribution >= 0.6 is 0 Å². The Morgan fingerprint density at radius 2 is 1.89 bits per heavy atom. The Labute approximate surface area is 221 Å². The second kappa shape index (κ2) is 15.6. The first-order chi connectivity index (χ1) is 17.7. The van der Waals surface area contributed by atoms with Gasteiger partial charge < -0.3 is 30.7 Å². The molecule has 3 amide bonds. The normalized spacial score (nSPS) is 15.9. The molecular weight excluding hydrogens is 472 g/mol. The van der Waals surface area contributed by atoms with Crippen LogP contribution < -0.4 is 20.7 Å². The summed E-state index contributed by atoms with van der Waals surface area (Å²) in [5.41, 5.74) is -0.320. The molecular formula is C28H46N4O5. The summed E-state index contributed by atoms with van der Waals surface area (Å²) in [4.78, 5) is 38.4. The van der Waals surface area contributed by atoms with Gasteiger partial charge in [-0.25, -0.2) is 0 Å². The molecule has 1 aliphatic carbocycles. The lowest BCUT2D eigenvalue weighted by Crippen LogP contribution is -2.62. The predicted molar refractivity (Wildman–Crippen MR) is 144 cm³/mol. The molecule has 9 heteroatoms. The van der Waals surface area contributed by atoms with E-state index in [-0.39, 0.29) is 17.7 Å². The van der Waals surface area contributed by atoms with Gasteiger partial charge in [0.2, 0.25) is 18.2 Å². The van der Waals surface area contributed by atoms with Crippen LogP contribution in [-0.4, -0.2) is 79.2 Å². The van der Waals surface area contributed by atoms with Gasteiger partial charge in [0.1, 0.15) is 18.4 Å². The van der Waals surface area contributed by atoms with Gasteiger partial charge in [0.05, 0.1) is 11.6 Å². The minimum absolute atomic E-state index is 0.165. The van der Waals surface area contributed by atoms with E-state index < -0.39 is 17.7 Å². The van der Waals surface area contributed by atoms with Crippen molar-refractivity contribution in [1.29, 1.82) is 0 Å². The summed E-state index contributed by atoms with van der Waals surface area (Å²) in [6.07, 6.45) is 7.53. The highest BCUT2D eigenvalue weighted by Gasteiger charge is 2.42. The monoisotopic (exact) mass is 518 g/mol. The van der Waals surface area contributed by atoms with Gasteiger partial charge in [-0.3, -0.25) is 14.4 Å². The van der Waals surface area contributed by atoms with E-state index in [0.29, 0.717) is 32.7 Å². The van der Waals surface area contributed by atoms with Crippen LogP contribution in [0.15, 0.2) is 24.3 Å². The van der Waals surface area contributed by atoms with Crippen molar-refractivity contribution in [2.75, 3.05) is 33.3 Å². The van der Waals surface area contributed by atoms with Gasteiger partial charge in [-0.15, -0.1) is 0 Å². The zero-order valence-electron chi connectivity index (χ0n) is 22.9. The fourth-order valence-corrected chi connectivity index (χ4v) is 5.18. The topological polar surface area (TPSA) is 120 Å². The number of para-hydroxylation sites is 1. The Bertz CT molecular complexity index is 851. The van der Waals surface area contributed by atoms with Crippen LogP contribution in [0.4, 0.5) is 0 Å². The third-order valence-corrected chi connectivity index (χ3v) is 6.94. The van der Waals surface area contributed by atoms with E-state index in [1.54, 1.807) is 20.9 Å². The summed E-state index contributed by atoms with van der Waals surface area (Å²) in [6.45, 7) is 6.81. The highest BCUT2D eigenvalue weighted by Crippen LogP contribution is 2.28. The average molecular weight is 519 g/mol. The number of likely N-dealkylation sites (N-methyl/N-ethyl adjacent to an activating group) is 2. The summed E-state index contributed by atoms with van der Waals surface area (Å²) >= 11 is 0. The van der Waals surface area contributed by atoms with Gasteiger partial charge in [0, 0.05) is 26.7 Å². The molecule has 2 unspecified atom stereocenters. The highest BCUT2D eigenvalue weighted by molar-refractivity contribution is 5.90. The molecule has 0 saturated heterocycles. The number of ether oxygens (including phenoxy) is 1. The molecule has 0 aromatic heterocycles. The van der Waals surface area contributed by atoms with Crippen molar-refractivity contribution >= 4 is 18.2 Å². The zero-order valence-corrected chi connectivity index (χ0v) is 22.9. The minimum atomic E-state index is -1.39. The summed E-state index contributed by atoms with van der Waals surface area (Å²) in [5, 5.41) is 19.6. The van der Waals surface area contributed by atoms with Crippen molar-refractivity contribution in [3.05, 3.63) is 29.8 Å². The minimum Gasteiger partial charge on any atom is -0.492 e. The summed E-state index contributed by atoms with van der Waals surface area (Å²) < 4.78 is 6.06. The van der Waals surface area contributed by atoms with Gasteiger partial charge in [0.15, 0.2) is 0 Å². The second-order valence-corrected chi connectivity index (χ2v) is 10.4. The number of carbonyl (C=O) groups is 3. The number of hydrogen-bond acceptors (Lipinski definition) is 6. The number of aryl methyl sites for hydroxylation is 1. The molecule has 37 heavy (non-hydrogen) atoms. The molecule has 2 rings (SSSR count). The van der Waals surface area contributed by atoms with Crippen molar-refractivity contribution in [1.82, 2.24) is 20.9 Å². The van der Waals surface area contributed by atoms with Crippen LogP contribution in [-0.2, 0) is 20.8 Å². The number of benzene rings is 1. The number of nitrogens with zero attached hydrogens (tertiary/aromatic N) is 1. The molecule has 0 aliphatic heterocycles. The van der Waals surface area contributed by atoms with Gasteiger partial charge in [0.25, 0.3) is 0 Å². The number of amides is 3. The lowest BCUT2D eigenvalue weighted by molar-refractivity contribution is -0.150. The van der Waals surface area contributed by atoms with Crippen molar-refractivity contribution in [3.8, 4) is 5.75 Å². The SMILES string of the molecule is CCNC(=O)C(N(C)C(=O)C(NCCOc1ccccc1CCCNC=O)C1CCCCC1)C(C)(C)O. The summed E-state index contributed by atoms with van der Waals surface area (Å²) in [6, 6.07) is 6.39. The van der Waals surface area contributed by atoms with Crippen molar-refractivity contribution in [2.45, 2.75) is 83.4 Å². The molecule has 0 spiro atoms. The number of rotatable bonds is 16. The Hall–Kier alpha value is -2.65. The first-order valence-electron chi connectivity index (χ1n) is 13.6. The Balaban J connectivity index is 2.06. The predicted octanol–water partition coefficient (Wildman–Crippen LogP) is 2.02.